The summed E-state index contributed by atoms with van der Waals surface area (Å²) in [5.74, 6) is 0. The SMILES string of the molecule is Cc1ccc2c(c1)-c1cc(N(c3cc(-c4ccccc4)ccc3C)C(C)(C)C)c(C)cc1C2(C)C. The maximum atomic E-state index is 2.55. The molecule has 0 saturated heterocycles. The van der Waals surface area contributed by atoms with Gasteiger partial charge in [-0.15, -0.1) is 0 Å². The normalized spacial score (nSPS) is 13.9. The molecule has 1 heteroatoms. The number of fused-ring (bicyclic) bond motifs is 3. The summed E-state index contributed by atoms with van der Waals surface area (Å²) in [6.45, 7) is 18.4. The largest absolute Gasteiger partial charge is 0.336 e. The highest BCUT2D eigenvalue weighted by molar-refractivity contribution is 5.87. The first kappa shape index (κ1) is 23.4. The van der Waals surface area contributed by atoms with Gasteiger partial charge in [0.2, 0.25) is 0 Å². The van der Waals surface area contributed by atoms with Gasteiger partial charge in [-0.05, 0) is 98.2 Å². The van der Waals surface area contributed by atoms with Gasteiger partial charge in [0.15, 0.2) is 0 Å². The fourth-order valence-electron chi connectivity index (χ4n) is 5.76. The molecule has 0 saturated carbocycles. The molecule has 0 radical (unpaired) electrons. The molecule has 1 nitrogen and oxygen atoms in total. The van der Waals surface area contributed by atoms with Gasteiger partial charge >= 0.3 is 0 Å². The van der Waals surface area contributed by atoms with Crippen molar-refractivity contribution in [3.05, 3.63) is 107 Å². The molecule has 0 unspecified atom stereocenters. The van der Waals surface area contributed by atoms with E-state index in [1.54, 1.807) is 0 Å². The first-order chi connectivity index (χ1) is 16.5. The highest BCUT2D eigenvalue weighted by Gasteiger charge is 2.37. The second-order valence-corrected chi connectivity index (χ2v) is 11.7. The van der Waals surface area contributed by atoms with E-state index in [0.29, 0.717) is 0 Å². The Balaban J connectivity index is 1.74. The summed E-state index contributed by atoms with van der Waals surface area (Å²) >= 11 is 0. The molecule has 0 atom stereocenters. The Labute approximate surface area is 211 Å². The van der Waals surface area contributed by atoms with Crippen LogP contribution in [-0.2, 0) is 5.41 Å². The number of hydrogen-bond acceptors (Lipinski definition) is 1. The highest BCUT2D eigenvalue weighted by Crippen LogP contribution is 2.52. The first-order valence-corrected chi connectivity index (χ1v) is 12.7. The highest BCUT2D eigenvalue weighted by atomic mass is 15.2. The van der Waals surface area contributed by atoms with Gasteiger partial charge in [0.05, 0.1) is 0 Å². The molecule has 0 aromatic heterocycles. The minimum Gasteiger partial charge on any atom is -0.336 e. The van der Waals surface area contributed by atoms with Gasteiger partial charge < -0.3 is 4.90 Å². The van der Waals surface area contributed by atoms with Gasteiger partial charge in [0, 0.05) is 22.3 Å². The lowest BCUT2D eigenvalue weighted by atomic mass is 9.81. The van der Waals surface area contributed by atoms with E-state index in [9.17, 15) is 0 Å². The minimum atomic E-state index is -0.0946. The Morgan fingerprint density at radius 1 is 0.600 bits per heavy atom. The van der Waals surface area contributed by atoms with Crippen molar-refractivity contribution in [2.75, 3.05) is 4.90 Å². The number of benzene rings is 4. The van der Waals surface area contributed by atoms with Gasteiger partial charge in [0.1, 0.15) is 0 Å². The van der Waals surface area contributed by atoms with Crippen LogP contribution in [-0.4, -0.2) is 5.54 Å². The van der Waals surface area contributed by atoms with Crippen molar-refractivity contribution >= 4 is 11.4 Å². The zero-order valence-electron chi connectivity index (χ0n) is 22.5. The van der Waals surface area contributed by atoms with Crippen LogP contribution in [0.4, 0.5) is 11.4 Å². The van der Waals surface area contributed by atoms with E-state index in [4.69, 9.17) is 0 Å². The topological polar surface area (TPSA) is 3.24 Å². The van der Waals surface area contributed by atoms with Gasteiger partial charge in [-0.1, -0.05) is 86.1 Å². The van der Waals surface area contributed by atoms with Crippen molar-refractivity contribution in [1.29, 1.82) is 0 Å². The summed E-state index contributed by atoms with van der Waals surface area (Å²) in [7, 11) is 0. The maximum Gasteiger partial charge on any atom is 0.0451 e. The van der Waals surface area contributed by atoms with E-state index in [-0.39, 0.29) is 11.0 Å². The lowest BCUT2D eigenvalue weighted by Gasteiger charge is -2.40. The number of hydrogen-bond donors (Lipinski definition) is 0. The van der Waals surface area contributed by atoms with E-state index in [1.807, 2.05) is 0 Å². The predicted octanol–water partition coefficient (Wildman–Crippen LogP) is 9.52. The standard InChI is InChI=1S/C34H37N/c1-22-14-17-29-27(18-22)28-21-32(24(3)19-30(28)34(29,7)8)35(33(4,5)6)31-20-26(16-15-23(31)2)25-12-10-9-11-13-25/h9-21H,1-8H3. The maximum absolute atomic E-state index is 2.55. The Kier molecular flexibility index (Phi) is 5.44. The third-order valence-corrected chi connectivity index (χ3v) is 7.62. The van der Waals surface area contributed by atoms with Crippen LogP contribution >= 0.6 is 0 Å². The molecular formula is C34H37N. The monoisotopic (exact) mass is 459 g/mol. The van der Waals surface area contributed by atoms with E-state index in [2.05, 4.69) is 139 Å². The molecular weight excluding hydrogens is 422 g/mol. The molecule has 0 spiro atoms. The van der Waals surface area contributed by atoms with Gasteiger partial charge in [-0.2, -0.15) is 0 Å². The summed E-state index contributed by atoms with van der Waals surface area (Å²) < 4.78 is 0. The van der Waals surface area contributed by atoms with Gasteiger partial charge in [-0.3, -0.25) is 0 Å². The van der Waals surface area contributed by atoms with E-state index < -0.39 is 0 Å². The van der Waals surface area contributed by atoms with Crippen LogP contribution < -0.4 is 4.90 Å². The molecule has 0 fully saturated rings. The van der Waals surface area contributed by atoms with Crippen molar-refractivity contribution in [3.8, 4) is 22.3 Å². The van der Waals surface area contributed by atoms with Gasteiger partial charge in [-0.25, -0.2) is 0 Å². The first-order valence-electron chi connectivity index (χ1n) is 12.7. The average Bonchev–Trinajstić information content (AvgIpc) is 3.01. The van der Waals surface area contributed by atoms with Crippen LogP contribution in [0.5, 0.6) is 0 Å². The average molecular weight is 460 g/mol. The number of aryl methyl sites for hydroxylation is 3. The quantitative estimate of drug-likeness (QED) is 0.295. The Morgan fingerprint density at radius 2 is 1.26 bits per heavy atom. The molecule has 1 aliphatic carbocycles. The van der Waals surface area contributed by atoms with Crippen LogP contribution in [0.3, 0.4) is 0 Å². The second-order valence-electron chi connectivity index (χ2n) is 11.7. The third kappa shape index (κ3) is 3.88. The molecule has 1 aliphatic rings. The van der Waals surface area contributed by atoms with E-state index in [0.717, 1.165) is 0 Å². The van der Waals surface area contributed by atoms with Crippen molar-refractivity contribution in [2.45, 2.75) is 66.3 Å². The van der Waals surface area contributed by atoms with E-state index in [1.165, 1.54) is 61.4 Å². The number of nitrogens with zero attached hydrogens (tertiary/aromatic N) is 1. The van der Waals surface area contributed by atoms with Crippen molar-refractivity contribution in [3.63, 3.8) is 0 Å². The summed E-state index contributed by atoms with van der Waals surface area (Å²) in [5.41, 5.74) is 14.5. The molecule has 0 amide bonds. The van der Waals surface area contributed by atoms with Crippen LogP contribution in [0, 0.1) is 20.8 Å². The molecule has 4 aromatic carbocycles. The van der Waals surface area contributed by atoms with E-state index >= 15 is 0 Å². The summed E-state index contributed by atoms with van der Waals surface area (Å²) in [4.78, 5) is 2.55. The molecule has 5 rings (SSSR count). The van der Waals surface area contributed by atoms with Crippen LogP contribution in [0.25, 0.3) is 22.3 Å². The summed E-state index contributed by atoms with van der Waals surface area (Å²) in [6, 6.07) is 29.4. The number of rotatable bonds is 3. The molecule has 0 aliphatic heterocycles. The third-order valence-electron chi connectivity index (χ3n) is 7.62. The van der Waals surface area contributed by atoms with Crippen LogP contribution in [0.1, 0.15) is 62.4 Å². The van der Waals surface area contributed by atoms with Crippen LogP contribution in [0.15, 0.2) is 78.9 Å². The number of anilines is 2. The van der Waals surface area contributed by atoms with Crippen molar-refractivity contribution in [2.24, 2.45) is 0 Å². The molecule has 178 valence electrons. The second kappa shape index (κ2) is 8.12. The molecule has 0 heterocycles. The zero-order valence-corrected chi connectivity index (χ0v) is 22.5. The minimum absolute atomic E-state index is 0.0113. The van der Waals surface area contributed by atoms with Crippen molar-refractivity contribution in [1.82, 2.24) is 0 Å². The van der Waals surface area contributed by atoms with Gasteiger partial charge in [0.25, 0.3) is 0 Å². The Bertz CT molecular complexity index is 1420. The predicted molar refractivity (Wildman–Crippen MR) is 152 cm³/mol. The summed E-state index contributed by atoms with van der Waals surface area (Å²) in [5, 5.41) is 0. The molecule has 0 N–H and O–H groups in total. The lowest BCUT2D eigenvalue weighted by molar-refractivity contribution is 0.558. The fraction of sp³-hybridized carbons (Fsp3) is 0.294. The lowest BCUT2D eigenvalue weighted by Crippen LogP contribution is -2.38. The summed E-state index contributed by atoms with van der Waals surface area (Å²) in [6.07, 6.45) is 0. The Morgan fingerprint density at radius 3 is 1.94 bits per heavy atom. The smallest absolute Gasteiger partial charge is 0.0451 e. The zero-order chi connectivity index (χ0) is 25.1. The molecule has 0 bridgehead atoms. The molecule has 4 aromatic rings. The van der Waals surface area contributed by atoms with Crippen molar-refractivity contribution < 1.29 is 0 Å². The fourth-order valence-corrected chi connectivity index (χ4v) is 5.76. The Hall–Kier alpha value is -3.32. The molecule has 35 heavy (non-hydrogen) atoms. The van der Waals surface area contributed by atoms with Crippen LogP contribution in [0.2, 0.25) is 0 Å².